The highest BCUT2D eigenvalue weighted by molar-refractivity contribution is 5.92. The molecule has 5 heteroatoms. The number of likely N-dealkylation sites (tertiary alicyclic amines) is 2. The van der Waals surface area contributed by atoms with E-state index in [9.17, 15) is 4.79 Å². The molecule has 2 aliphatic rings. The molecule has 0 aromatic carbocycles. The minimum atomic E-state index is 0.0360. The number of pyridine rings is 1. The molecule has 4 heterocycles. The molecule has 4 rings (SSSR count). The molecule has 0 unspecified atom stereocenters. The van der Waals surface area contributed by atoms with E-state index in [2.05, 4.69) is 16.0 Å². The molecule has 0 bridgehead atoms. The highest BCUT2D eigenvalue weighted by Gasteiger charge is 2.43. The standard InChI is InChI=1S/C18H21N3O2/c1-13-4-5-17(23-13)18(22)21-8-6-15-11-20(12-16(15)21)10-14-3-2-7-19-9-14/h2-5,7,9,15-16H,6,8,10-12H2,1H3/t15-,16+/m0/s1. The van der Waals surface area contributed by atoms with Gasteiger partial charge in [0.05, 0.1) is 0 Å². The Morgan fingerprint density at radius 1 is 1.35 bits per heavy atom. The summed E-state index contributed by atoms with van der Waals surface area (Å²) in [6, 6.07) is 8.03. The van der Waals surface area contributed by atoms with E-state index in [0.29, 0.717) is 17.7 Å². The van der Waals surface area contributed by atoms with Crippen molar-refractivity contribution < 1.29 is 9.21 Å². The van der Waals surface area contributed by atoms with Crippen molar-refractivity contribution in [2.75, 3.05) is 19.6 Å². The number of hydrogen-bond acceptors (Lipinski definition) is 4. The van der Waals surface area contributed by atoms with Crippen LogP contribution < -0.4 is 0 Å². The molecule has 2 aliphatic heterocycles. The van der Waals surface area contributed by atoms with Crippen molar-refractivity contribution in [2.24, 2.45) is 5.92 Å². The number of aromatic nitrogens is 1. The summed E-state index contributed by atoms with van der Waals surface area (Å²) in [4.78, 5) is 21.3. The number of carbonyl (C=O) groups excluding carboxylic acids is 1. The summed E-state index contributed by atoms with van der Waals surface area (Å²) in [6.45, 7) is 5.61. The Balaban J connectivity index is 1.44. The van der Waals surface area contributed by atoms with Crippen molar-refractivity contribution in [1.29, 1.82) is 0 Å². The van der Waals surface area contributed by atoms with Crippen LogP contribution in [0.3, 0.4) is 0 Å². The van der Waals surface area contributed by atoms with Gasteiger partial charge in [-0.1, -0.05) is 6.07 Å². The third kappa shape index (κ3) is 2.77. The lowest BCUT2D eigenvalue weighted by Gasteiger charge is -2.24. The number of aryl methyl sites for hydroxylation is 1. The van der Waals surface area contributed by atoms with Crippen LogP contribution in [0.15, 0.2) is 41.1 Å². The van der Waals surface area contributed by atoms with Gasteiger partial charge in [0, 0.05) is 44.6 Å². The summed E-state index contributed by atoms with van der Waals surface area (Å²) >= 11 is 0. The van der Waals surface area contributed by atoms with E-state index in [1.54, 1.807) is 12.3 Å². The summed E-state index contributed by atoms with van der Waals surface area (Å²) in [5.41, 5.74) is 1.23. The molecule has 0 N–H and O–H groups in total. The Kier molecular flexibility index (Phi) is 3.65. The lowest BCUT2D eigenvalue weighted by atomic mass is 10.1. The number of amides is 1. The fraction of sp³-hybridized carbons (Fsp3) is 0.444. The highest BCUT2D eigenvalue weighted by Crippen LogP contribution is 2.33. The van der Waals surface area contributed by atoms with Crippen LogP contribution in [-0.4, -0.2) is 46.4 Å². The largest absolute Gasteiger partial charge is 0.456 e. The maximum atomic E-state index is 12.7. The molecule has 0 spiro atoms. The van der Waals surface area contributed by atoms with E-state index in [0.717, 1.165) is 38.4 Å². The zero-order chi connectivity index (χ0) is 15.8. The third-order valence-electron chi connectivity index (χ3n) is 4.96. The van der Waals surface area contributed by atoms with Crippen LogP contribution in [0.25, 0.3) is 0 Å². The average Bonchev–Trinajstić information content (AvgIpc) is 3.23. The van der Waals surface area contributed by atoms with Crippen LogP contribution >= 0.6 is 0 Å². The van der Waals surface area contributed by atoms with Gasteiger partial charge < -0.3 is 9.32 Å². The number of hydrogen-bond donors (Lipinski definition) is 0. The molecular weight excluding hydrogens is 290 g/mol. The monoisotopic (exact) mass is 311 g/mol. The van der Waals surface area contributed by atoms with Crippen LogP contribution in [0.2, 0.25) is 0 Å². The summed E-state index contributed by atoms with van der Waals surface area (Å²) < 4.78 is 5.52. The molecule has 0 radical (unpaired) electrons. The minimum Gasteiger partial charge on any atom is -0.456 e. The summed E-state index contributed by atoms with van der Waals surface area (Å²) in [5, 5.41) is 0. The lowest BCUT2D eigenvalue weighted by Crippen LogP contribution is -2.39. The second kappa shape index (κ2) is 5.81. The van der Waals surface area contributed by atoms with Gasteiger partial charge in [0.1, 0.15) is 5.76 Å². The lowest BCUT2D eigenvalue weighted by molar-refractivity contribution is 0.0692. The van der Waals surface area contributed by atoms with Gasteiger partial charge >= 0.3 is 0 Å². The first kappa shape index (κ1) is 14.5. The van der Waals surface area contributed by atoms with Crippen LogP contribution in [0.1, 0.15) is 28.3 Å². The quantitative estimate of drug-likeness (QED) is 0.873. The fourth-order valence-corrected chi connectivity index (χ4v) is 3.87. The Hall–Kier alpha value is -2.14. The number of furan rings is 1. The summed E-state index contributed by atoms with van der Waals surface area (Å²) in [6.07, 6.45) is 4.80. The maximum Gasteiger partial charge on any atom is 0.289 e. The third-order valence-corrected chi connectivity index (χ3v) is 4.96. The van der Waals surface area contributed by atoms with E-state index in [4.69, 9.17) is 4.42 Å². The minimum absolute atomic E-state index is 0.0360. The normalized spacial score (nSPS) is 24.1. The van der Waals surface area contributed by atoms with Crippen LogP contribution in [0.5, 0.6) is 0 Å². The molecule has 1 amide bonds. The maximum absolute atomic E-state index is 12.7. The number of nitrogens with zero attached hydrogens (tertiary/aromatic N) is 3. The van der Waals surface area contributed by atoms with Crippen LogP contribution in [0.4, 0.5) is 0 Å². The molecule has 2 aromatic rings. The number of rotatable bonds is 3. The molecule has 2 saturated heterocycles. The second-order valence-corrected chi connectivity index (χ2v) is 6.58. The number of carbonyl (C=O) groups is 1. The van der Waals surface area contributed by atoms with Gasteiger partial charge in [0.2, 0.25) is 0 Å². The molecule has 120 valence electrons. The second-order valence-electron chi connectivity index (χ2n) is 6.58. The summed E-state index contributed by atoms with van der Waals surface area (Å²) in [5.74, 6) is 1.86. The molecule has 2 atom stereocenters. The molecule has 0 aliphatic carbocycles. The van der Waals surface area contributed by atoms with Gasteiger partial charge in [0.25, 0.3) is 5.91 Å². The predicted octanol–water partition coefficient (Wildman–Crippen LogP) is 2.33. The van der Waals surface area contributed by atoms with Crippen molar-refractivity contribution in [3.05, 3.63) is 53.7 Å². The first-order valence-corrected chi connectivity index (χ1v) is 8.19. The predicted molar refractivity (Wildman–Crippen MR) is 85.9 cm³/mol. The zero-order valence-electron chi connectivity index (χ0n) is 13.3. The molecule has 2 fully saturated rings. The SMILES string of the molecule is Cc1ccc(C(=O)N2CC[C@H]3CN(Cc4cccnc4)C[C@H]32)o1. The van der Waals surface area contributed by atoms with E-state index < -0.39 is 0 Å². The molecule has 0 saturated carbocycles. The Morgan fingerprint density at radius 2 is 2.26 bits per heavy atom. The van der Waals surface area contributed by atoms with E-state index in [-0.39, 0.29) is 5.91 Å². The van der Waals surface area contributed by atoms with Gasteiger partial charge in [-0.25, -0.2) is 0 Å². The van der Waals surface area contributed by atoms with Crippen LogP contribution in [-0.2, 0) is 6.54 Å². The Bertz CT molecular complexity index is 697. The van der Waals surface area contributed by atoms with Gasteiger partial charge in [-0.2, -0.15) is 0 Å². The van der Waals surface area contributed by atoms with Crippen molar-refractivity contribution >= 4 is 5.91 Å². The van der Waals surface area contributed by atoms with Gasteiger partial charge in [-0.3, -0.25) is 14.7 Å². The van der Waals surface area contributed by atoms with Gasteiger partial charge in [0.15, 0.2) is 5.76 Å². The van der Waals surface area contributed by atoms with Crippen molar-refractivity contribution in [3.8, 4) is 0 Å². The number of fused-ring (bicyclic) bond motifs is 1. The topological polar surface area (TPSA) is 49.6 Å². The molecule has 5 nitrogen and oxygen atoms in total. The Morgan fingerprint density at radius 3 is 3.00 bits per heavy atom. The van der Waals surface area contributed by atoms with E-state index in [1.807, 2.05) is 30.2 Å². The first-order valence-electron chi connectivity index (χ1n) is 8.19. The Labute approximate surface area is 135 Å². The zero-order valence-corrected chi connectivity index (χ0v) is 13.3. The smallest absolute Gasteiger partial charge is 0.289 e. The van der Waals surface area contributed by atoms with Crippen molar-refractivity contribution in [1.82, 2.24) is 14.8 Å². The summed E-state index contributed by atoms with van der Waals surface area (Å²) in [7, 11) is 0. The van der Waals surface area contributed by atoms with E-state index >= 15 is 0 Å². The molecule has 2 aromatic heterocycles. The van der Waals surface area contributed by atoms with Gasteiger partial charge in [-0.05, 0) is 43.0 Å². The van der Waals surface area contributed by atoms with Gasteiger partial charge in [-0.15, -0.1) is 0 Å². The van der Waals surface area contributed by atoms with Crippen molar-refractivity contribution in [2.45, 2.75) is 25.9 Å². The molecular formula is C18H21N3O2. The van der Waals surface area contributed by atoms with E-state index in [1.165, 1.54) is 5.56 Å². The first-order chi connectivity index (χ1) is 11.2. The average molecular weight is 311 g/mol. The molecule has 23 heavy (non-hydrogen) atoms. The van der Waals surface area contributed by atoms with Crippen LogP contribution in [0, 0.1) is 12.8 Å². The van der Waals surface area contributed by atoms with Crippen molar-refractivity contribution in [3.63, 3.8) is 0 Å². The highest BCUT2D eigenvalue weighted by atomic mass is 16.3. The fourth-order valence-electron chi connectivity index (χ4n) is 3.87.